The van der Waals surface area contributed by atoms with E-state index in [1.165, 1.54) is 19.5 Å². The molecule has 1 aromatic carbocycles. The number of nitrogens with zero attached hydrogens (tertiary/aromatic N) is 1. The molecule has 2 rings (SSSR count). The molecule has 1 aromatic rings. The summed E-state index contributed by atoms with van der Waals surface area (Å²) < 4.78 is 0. The molecule has 0 spiro atoms. The average molecular weight is 245 g/mol. The van der Waals surface area contributed by atoms with Gasteiger partial charge >= 0.3 is 0 Å². The Morgan fingerprint density at radius 3 is 2.61 bits per heavy atom. The summed E-state index contributed by atoms with van der Waals surface area (Å²) in [6.07, 6.45) is 2.92. The van der Waals surface area contributed by atoms with E-state index in [-0.39, 0.29) is 5.78 Å². The summed E-state index contributed by atoms with van der Waals surface area (Å²) in [6.45, 7) is 8.06. The first-order valence-electron chi connectivity index (χ1n) is 6.87. The molecule has 2 heteroatoms. The van der Waals surface area contributed by atoms with Gasteiger partial charge < -0.3 is 4.90 Å². The van der Waals surface area contributed by atoms with E-state index in [0.717, 1.165) is 18.5 Å². The summed E-state index contributed by atoms with van der Waals surface area (Å²) in [5.41, 5.74) is 1.31. The maximum absolute atomic E-state index is 11.9. The van der Waals surface area contributed by atoms with Crippen LogP contribution in [0, 0.1) is 5.41 Å². The van der Waals surface area contributed by atoms with Crippen LogP contribution in [-0.2, 0) is 0 Å². The van der Waals surface area contributed by atoms with E-state index in [4.69, 9.17) is 0 Å². The number of carbonyl (C=O) groups excluding carboxylic acids is 1. The minimum Gasteiger partial charge on any atom is -0.303 e. The van der Waals surface area contributed by atoms with Crippen molar-refractivity contribution < 1.29 is 4.79 Å². The molecule has 98 valence electrons. The number of hydrogen-bond donors (Lipinski definition) is 0. The van der Waals surface area contributed by atoms with Crippen LogP contribution in [0.15, 0.2) is 30.3 Å². The third-order valence-electron chi connectivity index (χ3n) is 3.73. The zero-order valence-electron chi connectivity index (χ0n) is 11.5. The van der Waals surface area contributed by atoms with Gasteiger partial charge in [0.1, 0.15) is 0 Å². The Bertz CT molecular complexity index is 397. The van der Waals surface area contributed by atoms with Crippen LogP contribution < -0.4 is 0 Å². The average Bonchev–Trinajstić information content (AvgIpc) is 2.70. The van der Waals surface area contributed by atoms with Crippen LogP contribution in [0.5, 0.6) is 0 Å². The first kappa shape index (κ1) is 13.3. The molecule has 1 fully saturated rings. The number of ketones is 1. The first-order valence-corrected chi connectivity index (χ1v) is 6.87. The van der Waals surface area contributed by atoms with Gasteiger partial charge in [-0.1, -0.05) is 44.2 Å². The van der Waals surface area contributed by atoms with Crippen molar-refractivity contribution >= 4 is 5.78 Å². The third kappa shape index (κ3) is 3.67. The summed E-state index contributed by atoms with van der Waals surface area (Å²) in [5, 5.41) is 0. The van der Waals surface area contributed by atoms with Crippen LogP contribution in [0.3, 0.4) is 0 Å². The van der Waals surface area contributed by atoms with Gasteiger partial charge in [-0.25, -0.2) is 0 Å². The number of rotatable bonds is 5. The van der Waals surface area contributed by atoms with Gasteiger partial charge in [-0.05, 0) is 31.3 Å². The molecule has 0 saturated carbocycles. The van der Waals surface area contributed by atoms with Crippen LogP contribution in [0.2, 0.25) is 0 Å². The lowest BCUT2D eigenvalue weighted by Gasteiger charge is -2.19. The summed E-state index contributed by atoms with van der Waals surface area (Å²) in [5.74, 6) is 0.272. The van der Waals surface area contributed by atoms with E-state index < -0.39 is 0 Å². The predicted octanol–water partition coefficient (Wildman–Crippen LogP) is 3.38. The Morgan fingerprint density at radius 2 is 2.00 bits per heavy atom. The van der Waals surface area contributed by atoms with E-state index in [2.05, 4.69) is 18.7 Å². The molecule has 1 aliphatic rings. The monoisotopic (exact) mass is 245 g/mol. The molecular weight excluding hydrogens is 222 g/mol. The molecule has 0 bridgehead atoms. The van der Waals surface area contributed by atoms with E-state index >= 15 is 0 Å². The van der Waals surface area contributed by atoms with Gasteiger partial charge in [0.25, 0.3) is 0 Å². The fraction of sp³-hybridized carbons (Fsp3) is 0.562. The van der Waals surface area contributed by atoms with Gasteiger partial charge in [0.05, 0.1) is 0 Å². The van der Waals surface area contributed by atoms with Crippen LogP contribution in [0.25, 0.3) is 0 Å². The Kier molecular flexibility index (Phi) is 4.18. The lowest BCUT2D eigenvalue weighted by Crippen LogP contribution is -2.24. The van der Waals surface area contributed by atoms with E-state index in [9.17, 15) is 4.79 Å². The highest BCUT2D eigenvalue weighted by Crippen LogP contribution is 2.28. The number of benzene rings is 1. The molecule has 0 atom stereocenters. The maximum atomic E-state index is 11.9. The van der Waals surface area contributed by atoms with E-state index in [1.807, 2.05) is 30.3 Å². The first-order chi connectivity index (χ1) is 8.57. The summed E-state index contributed by atoms with van der Waals surface area (Å²) in [7, 11) is 0. The van der Waals surface area contributed by atoms with Crippen LogP contribution in [0.1, 0.15) is 43.5 Å². The zero-order chi connectivity index (χ0) is 13.0. The number of hydrogen-bond acceptors (Lipinski definition) is 2. The van der Waals surface area contributed by atoms with Crippen molar-refractivity contribution in [2.75, 3.05) is 19.6 Å². The molecule has 0 N–H and O–H groups in total. The van der Waals surface area contributed by atoms with Gasteiger partial charge in [0, 0.05) is 18.5 Å². The highest BCUT2D eigenvalue weighted by molar-refractivity contribution is 5.95. The van der Waals surface area contributed by atoms with Gasteiger partial charge in [-0.15, -0.1) is 0 Å². The number of Topliss-reactive ketones (excluding diaryl/α,β-unsaturated/α-hetero) is 1. The minimum absolute atomic E-state index is 0.272. The maximum Gasteiger partial charge on any atom is 0.162 e. The quantitative estimate of drug-likeness (QED) is 0.741. The minimum atomic E-state index is 0.272. The van der Waals surface area contributed by atoms with Crippen molar-refractivity contribution in [3.05, 3.63) is 35.9 Å². The largest absolute Gasteiger partial charge is 0.303 e. The molecule has 1 heterocycles. The number of likely N-dealkylation sites (tertiary alicyclic amines) is 1. The molecule has 0 radical (unpaired) electrons. The highest BCUT2D eigenvalue weighted by atomic mass is 16.1. The van der Waals surface area contributed by atoms with Gasteiger partial charge in [-0.2, -0.15) is 0 Å². The summed E-state index contributed by atoms with van der Waals surface area (Å²) >= 11 is 0. The van der Waals surface area contributed by atoms with Crippen molar-refractivity contribution in [1.82, 2.24) is 4.90 Å². The summed E-state index contributed by atoms with van der Waals surface area (Å²) in [4.78, 5) is 14.4. The van der Waals surface area contributed by atoms with Crippen molar-refractivity contribution in [2.45, 2.75) is 33.1 Å². The SMILES string of the molecule is CC1(C)CCN(CCCC(=O)c2ccccc2)C1. The van der Waals surface area contributed by atoms with Crippen LogP contribution >= 0.6 is 0 Å². The Morgan fingerprint density at radius 1 is 1.28 bits per heavy atom. The lowest BCUT2D eigenvalue weighted by atomic mass is 9.93. The molecule has 1 saturated heterocycles. The fourth-order valence-corrected chi connectivity index (χ4v) is 2.65. The molecule has 2 nitrogen and oxygen atoms in total. The molecule has 0 aliphatic carbocycles. The van der Waals surface area contributed by atoms with Crippen molar-refractivity contribution in [3.8, 4) is 0 Å². The van der Waals surface area contributed by atoms with Crippen molar-refractivity contribution in [3.63, 3.8) is 0 Å². The summed E-state index contributed by atoms with van der Waals surface area (Å²) in [6, 6.07) is 9.61. The lowest BCUT2D eigenvalue weighted by molar-refractivity contribution is 0.0975. The van der Waals surface area contributed by atoms with Gasteiger partial charge in [-0.3, -0.25) is 4.79 Å². The standard InChI is InChI=1S/C16H23NO/c1-16(2)10-12-17(13-16)11-6-9-15(18)14-7-4-3-5-8-14/h3-5,7-8H,6,9-13H2,1-2H3. The van der Waals surface area contributed by atoms with E-state index in [0.29, 0.717) is 11.8 Å². The van der Waals surface area contributed by atoms with Crippen molar-refractivity contribution in [2.24, 2.45) is 5.41 Å². The topological polar surface area (TPSA) is 20.3 Å². The molecule has 0 aromatic heterocycles. The zero-order valence-corrected chi connectivity index (χ0v) is 11.5. The number of carbonyl (C=O) groups is 1. The van der Waals surface area contributed by atoms with Gasteiger partial charge in [0.2, 0.25) is 0 Å². The smallest absolute Gasteiger partial charge is 0.162 e. The van der Waals surface area contributed by atoms with Crippen LogP contribution in [-0.4, -0.2) is 30.3 Å². The molecule has 18 heavy (non-hydrogen) atoms. The molecule has 0 unspecified atom stereocenters. The third-order valence-corrected chi connectivity index (χ3v) is 3.73. The second kappa shape index (κ2) is 5.66. The fourth-order valence-electron chi connectivity index (χ4n) is 2.65. The Labute approximate surface area is 110 Å². The molecule has 0 amide bonds. The second-order valence-corrected chi connectivity index (χ2v) is 6.08. The Balaban J connectivity index is 1.72. The normalized spacial score (nSPS) is 19.0. The highest BCUT2D eigenvalue weighted by Gasteiger charge is 2.28. The second-order valence-electron chi connectivity index (χ2n) is 6.08. The Hall–Kier alpha value is -1.15. The predicted molar refractivity (Wildman–Crippen MR) is 74.8 cm³/mol. The molecule has 1 aliphatic heterocycles. The van der Waals surface area contributed by atoms with E-state index in [1.54, 1.807) is 0 Å². The van der Waals surface area contributed by atoms with Crippen LogP contribution in [0.4, 0.5) is 0 Å². The van der Waals surface area contributed by atoms with Crippen molar-refractivity contribution in [1.29, 1.82) is 0 Å². The molecular formula is C16H23NO. The van der Waals surface area contributed by atoms with Gasteiger partial charge in [0.15, 0.2) is 5.78 Å².